The summed E-state index contributed by atoms with van der Waals surface area (Å²) in [5.74, 6) is -0.299. The highest BCUT2D eigenvalue weighted by Gasteiger charge is 2.31. The molecule has 740 valence electrons. The number of thiol groups is 1. The zero-order chi connectivity index (χ0) is 105. The van der Waals surface area contributed by atoms with Crippen LogP contribution in [0.3, 0.4) is 0 Å². The van der Waals surface area contributed by atoms with E-state index in [0.29, 0.717) is 83.5 Å². The monoisotopic (exact) mass is 1980 g/mol. The van der Waals surface area contributed by atoms with Gasteiger partial charge >= 0.3 is 0 Å². The number of benzene rings is 7. The van der Waals surface area contributed by atoms with E-state index < -0.39 is 5.82 Å². The fourth-order valence-corrected chi connectivity index (χ4v) is 18.4. The topological polar surface area (TPSA) is 150 Å². The van der Waals surface area contributed by atoms with Crippen molar-refractivity contribution in [1.82, 2.24) is 28.2 Å². The van der Waals surface area contributed by atoms with Gasteiger partial charge in [0.1, 0.15) is 51.8 Å². The third kappa shape index (κ3) is 26.4. The van der Waals surface area contributed by atoms with E-state index in [-0.39, 0.29) is 101 Å². The second kappa shape index (κ2) is 46.7. The fourth-order valence-electron chi connectivity index (χ4n) is 17.0. The average molecular weight is 1980 g/mol. The summed E-state index contributed by atoms with van der Waals surface area (Å²) >= 11 is 12.6. The van der Waals surface area contributed by atoms with E-state index in [0.717, 1.165) is 66.2 Å². The molecule has 0 unspecified atom stereocenters. The van der Waals surface area contributed by atoms with Crippen LogP contribution in [0.1, 0.15) is 195 Å². The maximum atomic E-state index is 15.2. The van der Waals surface area contributed by atoms with Crippen LogP contribution in [0, 0.1) is 29.1 Å². The summed E-state index contributed by atoms with van der Waals surface area (Å²) in [5.41, 5.74) is 16.9. The van der Waals surface area contributed by atoms with Crippen molar-refractivity contribution in [3.8, 4) is 83.6 Å². The summed E-state index contributed by atoms with van der Waals surface area (Å²) < 4.78 is 84.9. The summed E-state index contributed by atoms with van der Waals surface area (Å²) in [5, 5.41) is 10.4. The Bertz CT molecular complexity index is 7280. The smallest absolute Gasteiger partial charge is 0.186 e. The Morgan fingerprint density at radius 2 is 0.580 bits per heavy atom. The van der Waals surface area contributed by atoms with Crippen molar-refractivity contribution >= 4 is 52.9 Å². The first-order valence-corrected chi connectivity index (χ1v) is 49.6. The molecule has 0 saturated heterocycles. The summed E-state index contributed by atoms with van der Waals surface area (Å²) in [4.78, 5) is 62.4. The molecule has 6 aromatic heterocycles. The van der Waals surface area contributed by atoms with Crippen LogP contribution < -0.4 is 26.5 Å². The molecular formula is C123H128ClF5N6O6S2. The number of hydrogen-bond donors (Lipinski definition) is 2. The molecule has 20 heteroatoms. The second-order valence-electron chi connectivity index (χ2n) is 41.9. The van der Waals surface area contributed by atoms with Crippen molar-refractivity contribution in [1.29, 1.82) is 0 Å². The zero-order valence-corrected chi connectivity index (χ0v) is 88.3. The van der Waals surface area contributed by atoms with Crippen molar-refractivity contribution in [2.75, 3.05) is 13.4 Å². The summed E-state index contributed by atoms with van der Waals surface area (Å²) in [6, 6.07) is 79.4. The first-order chi connectivity index (χ1) is 67.5. The van der Waals surface area contributed by atoms with Gasteiger partial charge in [0.2, 0.25) is 0 Å². The molecular weight excluding hydrogens is 1850 g/mol. The van der Waals surface area contributed by atoms with Crippen LogP contribution in [0.15, 0.2) is 347 Å². The summed E-state index contributed by atoms with van der Waals surface area (Å²) in [6.07, 6.45) is 17.8. The van der Waals surface area contributed by atoms with E-state index in [1.807, 2.05) is 269 Å². The average Bonchev–Trinajstić information content (AvgIpc) is 1.73. The van der Waals surface area contributed by atoms with Gasteiger partial charge in [-0.25, -0.2) is 36.9 Å². The van der Waals surface area contributed by atoms with Crippen LogP contribution >= 0.6 is 36.0 Å². The number of nitrogens with zero attached hydrogens (tertiary/aromatic N) is 6. The lowest BCUT2D eigenvalue weighted by Gasteiger charge is -2.24. The number of rotatable bonds is 11. The third-order valence-electron chi connectivity index (χ3n) is 24.3. The minimum absolute atomic E-state index is 0.0158. The number of halogens is 6. The van der Waals surface area contributed by atoms with E-state index in [4.69, 9.17) is 16.3 Å². The number of aliphatic hydroxyl groups excluding tert-OH is 1. The molecule has 143 heavy (non-hydrogen) atoms. The van der Waals surface area contributed by atoms with E-state index in [1.54, 1.807) is 157 Å². The van der Waals surface area contributed by atoms with Gasteiger partial charge in [-0.05, 0) is 148 Å². The molecule has 0 aliphatic rings. The highest BCUT2D eigenvalue weighted by atomic mass is 35.5. The van der Waals surface area contributed by atoms with E-state index in [1.165, 1.54) is 17.7 Å². The minimum atomic E-state index is -0.473. The summed E-state index contributed by atoms with van der Waals surface area (Å²) in [7, 11) is 1.59. The van der Waals surface area contributed by atoms with Gasteiger partial charge in [-0.1, -0.05) is 381 Å². The predicted octanol–water partition coefficient (Wildman–Crippen LogP) is 30.9. The largest absolute Gasteiger partial charge is 0.496 e. The van der Waals surface area contributed by atoms with Crippen molar-refractivity contribution in [3.05, 3.63) is 448 Å². The van der Waals surface area contributed by atoms with Crippen molar-refractivity contribution < 1.29 is 31.8 Å². The number of aliphatic hydroxyl groups is 1. The number of aromatic nitrogens is 6. The van der Waals surface area contributed by atoms with Crippen LogP contribution in [0.25, 0.3) is 94.8 Å². The Morgan fingerprint density at radius 1 is 0.308 bits per heavy atom. The zero-order valence-electron chi connectivity index (χ0n) is 85.8. The molecule has 6 heterocycles. The molecule has 17 aromatic rings. The molecule has 0 bridgehead atoms. The standard InChI is InChI=1S/C18H19FN2O.C18H19FN2S.C18H20O2.C18H20OS.C17H17ClO.C17H16F2N2.C17H17FO/c2*1-18(2,3)13-7-5-6-12(16(13)19)15-14(22-4)8-10-21-11-9-20-17(15)21;1-18(2,3)16-10-7-9-13(15(16)12-19)14-8-5-4-6-11-17(14)20;1-18(2,3)16-10-7-9-13(15(16)12-20)14-8-5-4-6-11-17(14)19;1-17(2,3)14-10-7-9-13(16(14)18)12-8-5-4-6-11-15(12)19;1-17(2,3)12-6-4-5-11(15(12)19)14-13(18)7-9-21-10-8-20-16(14)21;1-17(2,3)14-10-7-9-13(16(14)18)12-8-5-4-6-11-15(12)19/h2*5-11H,1-4H3;4-11,19H,12H2,1-3H3;4-11,20H,12H2,1-3H3;4-11H,1-3H3;4-10H,1-3H3;4-11H,1-3H3. The van der Waals surface area contributed by atoms with Gasteiger partial charge in [-0.3, -0.25) is 19.2 Å². The van der Waals surface area contributed by atoms with Gasteiger partial charge < -0.3 is 23.0 Å². The summed E-state index contributed by atoms with van der Waals surface area (Å²) in [6.45, 7) is 42.9. The van der Waals surface area contributed by atoms with Crippen molar-refractivity contribution in [2.45, 2.75) is 201 Å². The third-order valence-corrected chi connectivity index (χ3v) is 25.8. The quantitative estimate of drug-likeness (QED) is 0.0728. The van der Waals surface area contributed by atoms with Crippen LogP contribution in [-0.4, -0.2) is 46.6 Å². The Labute approximate surface area is 852 Å². The molecule has 12 nitrogen and oxygen atoms in total. The van der Waals surface area contributed by atoms with Gasteiger partial charge in [0.15, 0.2) is 21.7 Å². The van der Waals surface area contributed by atoms with Crippen molar-refractivity contribution in [3.63, 3.8) is 0 Å². The molecule has 0 spiro atoms. The number of hydrogen-bond acceptors (Lipinski definition) is 11. The maximum absolute atomic E-state index is 15.2. The molecule has 0 amide bonds. The van der Waals surface area contributed by atoms with Crippen LogP contribution in [0.2, 0.25) is 5.02 Å². The van der Waals surface area contributed by atoms with Crippen molar-refractivity contribution in [2.24, 2.45) is 0 Å². The Morgan fingerprint density at radius 3 is 0.944 bits per heavy atom. The minimum Gasteiger partial charge on any atom is -0.496 e. The van der Waals surface area contributed by atoms with E-state index >= 15 is 8.78 Å². The van der Waals surface area contributed by atoms with Gasteiger partial charge in [0.05, 0.1) is 29.9 Å². The van der Waals surface area contributed by atoms with Gasteiger partial charge in [0, 0.05) is 122 Å². The van der Waals surface area contributed by atoms with Gasteiger partial charge in [-0.15, -0.1) is 11.8 Å². The van der Waals surface area contributed by atoms with Crippen LogP contribution in [0.4, 0.5) is 22.0 Å². The molecule has 0 fully saturated rings. The second-order valence-corrected chi connectivity index (χ2v) is 43.4. The molecule has 11 aromatic carbocycles. The van der Waals surface area contributed by atoms with E-state index in [2.05, 4.69) is 96.0 Å². The Kier molecular flexibility index (Phi) is 35.9. The lowest BCUT2D eigenvalue weighted by Crippen LogP contribution is -2.15. The van der Waals surface area contributed by atoms with Gasteiger partial charge in [0.25, 0.3) is 0 Å². The lowest BCUT2D eigenvalue weighted by atomic mass is 9.81. The molecule has 0 aliphatic carbocycles. The Hall–Kier alpha value is -13.4. The Balaban J connectivity index is 0.000000159. The van der Waals surface area contributed by atoms with E-state index in [9.17, 15) is 37.5 Å². The maximum Gasteiger partial charge on any atom is 0.186 e. The number of ether oxygens (including phenoxy) is 1. The normalized spacial score (nSPS) is 11.7. The molecule has 0 aliphatic heterocycles. The number of fused-ring (bicyclic) bond motifs is 3. The lowest BCUT2D eigenvalue weighted by molar-refractivity contribution is 0.279. The number of pyridine rings is 3. The molecule has 0 saturated carbocycles. The molecule has 1 N–H and O–H groups in total. The number of thioether (sulfide) groups is 1. The molecule has 0 radical (unpaired) electrons. The highest BCUT2D eigenvalue weighted by molar-refractivity contribution is 7.98. The first-order valence-electron chi connectivity index (χ1n) is 47.4. The van der Waals surface area contributed by atoms with Crippen LogP contribution in [-0.2, 0) is 50.3 Å². The van der Waals surface area contributed by atoms with Gasteiger partial charge in [-0.2, -0.15) is 12.6 Å². The number of methoxy groups -OCH3 is 1. The first kappa shape index (κ1) is 110. The fraction of sp³-hybridized carbons (Fsp3) is 0.260. The molecule has 17 rings (SSSR count). The predicted molar refractivity (Wildman–Crippen MR) is 587 cm³/mol. The SMILES string of the molecule is CC(C)(C)c1cccc(-c2c(F)ccn3ccnc23)c1F.CC(C)(C)c1cccc(-c2cccccc2=O)c1CO.CC(C)(C)c1cccc(-c2cccccc2=O)c1CS.CC(C)(C)c1cccc(-c2cccccc2=O)c1Cl.CC(C)(C)c1cccc(-c2cccccc2=O)c1F.COc1ccn2ccnc2c1-c1cccc(C(C)(C)C)c1F.CSc1ccn2ccnc2c1-c1cccc(C(C)(C)C)c1F. The molecule has 0 atom stereocenters. The number of imidazole rings is 3. The highest BCUT2D eigenvalue weighted by Crippen LogP contribution is 2.44. The van der Waals surface area contributed by atoms with Crippen LogP contribution in [0.5, 0.6) is 5.75 Å².